The van der Waals surface area contributed by atoms with Gasteiger partial charge in [0.25, 0.3) is 5.91 Å². The number of anilines is 1. The lowest BCUT2D eigenvalue weighted by Gasteiger charge is -2.08. The van der Waals surface area contributed by atoms with Gasteiger partial charge in [-0.2, -0.15) is 0 Å². The summed E-state index contributed by atoms with van der Waals surface area (Å²) in [6.07, 6.45) is 0. The van der Waals surface area contributed by atoms with Gasteiger partial charge in [-0.3, -0.25) is 10.1 Å². The molecular weight excluding hydrogens is 512 g/mol. The molecule has 0 atom stereocenters. The minimum Gasteiger partial charge on any atom is -0.506 e. The molecule has 1 amide bonds. The molecule has 0 spiro atoms. The summed E-state index contributed by atoms with van der Waals surface area (Å²) in [4.78, 5) is 28.5. The predicted octanol–water partition coefficient (Wildman–Crippen LogP) is 5.14. The maximum atomic E-state index is 12.1. The Bertz CT molecular complexity index is 1030. The largest absolute Gasteiger partial charge is 0.506 e. The fraction of sp³-hybridized carbons (Fsp3) is 0.105. The summed E-state index contributed by atoms with van der Waals surface area (Å²) < 4.78 is 5.90. The Labute approximate surface area is 181 Å². The predicted molar refractivity (Wildman–Crippen MR) is 115 cm³/mol. The van der Waals surface area contributed by atoms with Gasteiger partial charge < -0.3 is 9.84 Å². The molecule has 144 valence electrons. The van der Waals surface area contributed by atoms with Crippen molar-refractivity contribution in [2.75, 3.05) is 11.9 Å². The number of hydrogen-bond donors (Lipinski definition) is 2. The second-order valence-electron chi connectivity index (χ2n) is 5.81. The fourth-order valence-corrected chi connectivity index (χ4v) is 4.23. The molecule has 0 saturated heterocycles. The molecule has 0 radical (unpaired) electrons. The van der Waals surface area contributed by atoms with Crippen molar-refractivity contribution >= 4 is 60.2 Å². The number of nitrogens with one attached hydrogen (secondary N) is 1. The van der Waals surface area contributed by atoms with E-state index in [1.807, 2.05) is 36.6 Å². The van der Waals surface area contributed by atoms with Crippen molar-refractivity contribution < 1.29 is 19.4 Å². The number of phenols is 1. The third-order valence-electron chi connectivity index (χ3n) is 3.68. The molecule has 0 saturated carbocycles. The SMILES string of the molecule is Cc1ccc(-c2csc(NC(=O)COC(=O)c3cc(Br)cc(Br)c3O)n2)cc1. The maximum Gasteiger partial charge on any atom is 0.342 e. The molecule has 0 fully saturated rings. The van der Waals surface area contributed by atoms with Crippen LogP contribution in [0.3, 0.4) is 0 Å². The van der Waals surface area contributed by atoms with Crippen molar-refractivity contribution in [3.63, 3.8) is 0 Å². The van der Waals surface area contributed by atoms with Crippen molar-refractivity contribution in [2.24, 2.45) is 0 Å². The van der Waals surface area contributed by atoms with Gasteiger partial charge in [-0.15, -0.1) is 11.3 Å². The molecule has 28 heavy (non-hydrogen) atoms. The van der Waals surface area contributed by atoms with Crippen LogP contribution in [0.15, 0.2) is 50.7 Å². The highest BCUT2D eigenvalue weighted by Gasteiger charge is 2.18. The molecule has 0 aliphatic carbocycles. The van der Waals surface area contributed by atoms with E-state index in [0.717, 1.165) is 16.8 Å². The second-order valence-corrected chi connectivity index (χ2v) is 8.44. The Kier molecular flexibility index (Phi) is 6.48. The van der Waals surface area contributed by atoms with E-state index < -0.39 is 18.5 Å². The lowest BCUT2D eigenvalue weighted by atomic mass is 10.1. The molecular formula is C19H14Br2N2O4S. The highest BCUT2D eigenvalue weighted by atomic mass is 79.9. The highest BCUT2D eigenvalue weighted by molar-refractivity contribution is 9.11. The zero-order valence-corrected chi connectivity index (χ0v) is 18.5. The Morgan fingerprint density at radius 3 is 2.64 bits per heavy atom. The number of amides is 1. The zero-order valence-electron chi connectivity index (χ0n) is 14.5. The van der Waals surface area contributed by atoms with Crippen LogP contribution in [0.1, 0.15) is 15.9 Å². The Hall–Kier alpha value is -2.23. The smallest absolute Gasteiger partial charge is 0.342 e. The first-order chi connectivity index (χ1) is 13.3. The Morgan fingerprint density at radius 1 is 1.21 bits per heavy atom. The van der Waals surface area contributed by atoms with Crippen LogP contribution >= 0.6 is 43.2 Å². The number of benzene rings is 2. The summed E-state index contributed by atoms with van der Waals surface area (Å²) in [7, 11) is 0. The molecule has 0 unspecified atom stereocenters. The molecule has 2 aromatic carbocycles. The zero-order chi connectivity index (χ0) is 20.3. The van der Waals surface area contributed by atoms with Crippen molar-refractivity contribution in [3.8, 4) is 17.0 Å². The standard InChI is InChI=1S/C19H14Br2N2O4S/c1-10-2-4-11(5-3-10)15-9-28-19(22-15)23-16(24)8-27-18(26)13-6-12(20)7-14(21)17(13)25/h2-7,9,25H,8H2,1H3,(H,22,23,24). The van der Waals surface area contributed by atoms with Gasteiger partial charge >= 0.3 is 5.97 Å². The lowest BCUT2D eigenvalue weighted by molar-refractivity contribution is -0.119. The summed E-state index contributed by atoms with van der Waals surface area (Å²) in [6, 6.07) is 10.9. The topological polar surface area (TPSA) is 88.5 Å². The van der Waals surface area contributed by atoms with E-state index >= 15 is 0 Å². The number of thiazole rings is 1. The van der Waals surface area contributed by atoms with Gasteiger partial charge in [0, 0.05) is 15.4 Å². The third kappa shape index (κ3) is 4.98. The highest BCUT2D eigenvalue weighted by Crippen LogP contribution is 2.32. The van der Waals surface area contributed by atoms with E-state index in [4.69, 9.17) is 4.74 Å². The summed E-state index contributed by atoms with van der Waals surface area (Å²) in [5.74, 6) is -1.59. The van der Waals surface area contributed by atoms with Crippen LogP contribution in [0.2, 0.25) is 0 Å². The number of esters is 1. The molecule has 3 aromatic rings. The van der Waals surface area contributed by atoms with Gasteiger partial charge in [0.05, 0.1) is 10.2 Å². The molecule has 6 nitrogen and oxygen atoms in total. The van der Waals surface area contributed by atoms with Crippen molar-refractivity contribution in [1.29, 1.82) is 0 Å². The number of carbonyl (C=O) groups is 2. The van der Waals surface area contributed by atoms with E-state index in [9.17, 15) is 14.7 Å². The first-order valence-electron chi connectivity index (χ1n) is 8.01. The van der Waals surface area contributed by atoms with Crippen molar-refractivity contribution in [2.45, 2.75) is 6.92 Å². The van der Waals surface area contributed by atoms with Gasteiger partial charge in [-0.25, -0.2) is 9.78 Å². The van der Waals surface area contributed by atoms with Crippen LogP contribution in [-0.4, -0.2) is 28.6 Å². The fourth-order valence-electron chi connectivity index (χ4n) is 2.27. The minimum absolute atomic E-state index is 0.0510. The van der Waals surface area contributed by atoms with Crippen LogP contribution in [0.25, 0.3) is 11.3 Å². The lowest BCUT2D eigenvalue weighted by Crippen LogP contribution is -2.21. The van der Waals surface area contributed by atoms with Crippen LogP contribution < -0.4 is 5.32 Å². The van der Waals surface area contributed by atoms with Crippen LogP contribution in [0, 0.1) is 6.92 Å². The summed E-state index contributed by atoms with van der Waals surface area (Å²) in [5, 5.41) is 14.8. The first-order valence-corrected chi connectivity index (χ1v) is 10.5. The van der Waals surface area contributed by atoms with Gasteiger partial charge in [0.15, 0.2) is 11.7 Å². The number of aryl methyl sites for hydroxylation is 1. The first kappa shape index (κ1) is 20.5. The van der Waals surface area contributed by atoms with Crippen LogP contribution in [-0.2, 0) is 9.53 Å². The molecule has 3 rings (SSSR count). The average Bonchev–Trinajstić information content (AvgIpc) is 3.11. The van der Waals surface area contributed by atoms with Crippen LogP contribution in [0.5, 0.6) is 5.75 Å². The number of aromatic nitrogens is 1. The van der Waals surface area contributed by atoms with E-state index in [1.54, 1.807) is 6.07 Å². The average molecular weight is 526 g/mol. The summed E-state index contributed by atoms with van der Waals surface area (Å²) in [6.45, 7) is 1.51. The monoisotopic (exact) mass is 524 g/mol. The number of rotatable bonds is 5. The summed E-state index contributed by atoms with van der Waals surface area (Å²) >= 11 is 7.65. The van der Waals surface area contributed by atoms with E-state index in [2.05, 4.69) is 42.2 Å². The quantitative estimate of drug-likeness (QED) is 0.450. The number of ether oxygens (including phenoxy) is 1. The number of nitrogens with zero attached hydrogens (tertiary/aromatic N) is 1. The molecule has 0 bridgehead atoms. The van der Waals surface area contributed by atoms with E-state index in [-0.39, 0.29) is 11.3 Å². The minimum atomic E-state index is -0.811. The molecule has 0 aliphatic rings. The number of carbonyl (C=O) groups excluding carboxylic acids is 2. The maximum absolute atomic E-state index is 12.1. The van der Waals surface area contributed by atoms with E-state index in [1.165, 1.54) is 17.4 Å². The molecule has 9 heteroatoms. The Balaban J connectivity index is 1.59. The number of hydrogen-bond acceptors (Lipinski definition) is 6. The van der Waals surface area contributed by atoms with E-state index in [0.29, 0.717) is 14.1 Å². The van der Waals surface area contributed by atoms with Crippen LogP contribution in [0.4, 0.5) is 5.13 Å². The third-order valence-corrected chi connectivity index (χ3v) is 5.50. The van der Waals surface area contributed by atoms with Gasteiger partial charge in [-0.1, -0.05) is 45.8 Å². The van der Waals surface area contributed by atoms with Crippen molar-refractivity contribution in [3.05, 3.63) is 61.9 Å². The molecule has 0 aliphatic heterocycles. The Morgan fingerprint density at radius 2 is 1.93 bits per heavy atom. The number of aromatic hydroxyl groups is 1. The normalized spacial score (nSPS) is 10.5. The van der Waals surface area contributed by atoms with Gasteiger partial charge in [0.1, 0.15) is 11.3 Å². The second kappa shape index (κ2) is 8.85. The molecule has 1 heterocycles. The molecule has 1 aromatic heterocycles. The number of phenolic OH excluding ortho intramolecular Hbond substituents is 1. The van der Waals surface area contributed by atoms with Crippen molar-refractivity contribution in [1.82, 2.24) is 4.98 Å². The van der Waals surface area contributed by atoms with Gasteiger partial charge in [-0.05, 0) is 35.0 Å². The summed E-state index contributed by atoms with van der Waals surface area (Å²) in [5.41, 5.74) is 2.80. The number of halogens is 2. The molecule has 2 N–H and O–H groups in total. The van der Waals surface area contributed by atoms with Gasteiger partial charge in [0.2, 0.25) is 0 Å².